The van der Waals surface area contributed by atoms with Crippen molar-refractivity contribution >= 4 is 74.1 Å². The number of halogens is 4. The van der Waals surface area contributed by atoms with Crippen LogP contribution in [-0.4, -0.2) is 38.5 Å². The van der Waals surface area contributed by atoms with Crippen LogP contribution in [0.25, 0.3) is 0 Å². The quantitative estimate of drug-likeness (QED) is 0.206. The van der Waals surface area contributed by atoms with Gasteiger partial charge in [-0.1, -0.05) is 39.7 Å². The van der Waals surface area contributed by atoms with Gasteiger partial charge in [0.2, 0.25) is 11.8 Å². The largest absolute Gasteiger partial charge is 0.508 e. The molecule has 43 heavy (non-hydrogen) atoms. The number of phenolic OH excluding ortho intramolecular Hbond substituents is 1. The average molecular weight is 684 g/mol. The van der Waals surface area contributed by atoms with Crippen molar-refractivity contribution in [3.63, 3.8) is 0 Å². The van der Waals surface area contributed by atoms with E-state index in [2.05, 4.69) is 15.9 Å². The number of alkyl halides is 2. The number of fused-ring (bicyclic) bond motifs is 4. The van der Waals surface area contributed by atoms with Crippen LogP contribution in [0, 0.1) is 23.6 Å². The Morgan fingerprint density at radius 1 is 0.837 bits per heavy atom. The molecular weight excluding hydrogens is 662 g/mol. The average Bonchev–Trinajstić information content (AvgIpc) is 3.32. The highest BCUT2D eigenvalue weighted by molar-refractivity contribution is 9.10. The van der Waals surface area contributed by atoms with Gasteiger partial charge < -0.3 is 5.11 Å². The smallest absolute Gasteiger partial charge is 0.258 e. The maximum atomic E-state index is 14.3. The molecule has 0 spiro atoms. The number of amides is 4. The highest BCUT2D eigenvalue weighted by Crippen LogP contribution is 2.66. The van der Waals surface area contributed by atoms with E-state index in [9.17, 15) is 28.7 Å². The minimum absolute atomic E-state index is 0.0879. The third-order valence-corrected chi connectivity index (χ3v) is 11.1. The molecule has 3 fully saturated rings. The van der Waals surface area contributed by atoms with Crippen LogP contribution < -0.4 is 9.80 Å². The number of carbonyl (C=O) groups is 4. The number of hydrogen-bond acceptors (Lipinski definition) is 5. The van der Waals surface area contributed by atoms with Crippen molar-refractivity contribution in [2.24, 2.45) is 17.8 Å². The molecule has 0 unspecified atom stereocenters. The van der Waals surface area contributed by atoms with Crippen molar-refractivity contribution in [1.82, 2.24) is 0 Å². The number of anilines is 2. The Morgan fingerprint density at radius 2 is 1.49 bits per heavy atom. The fourth-order valence-corrected chi connectivity index (χ4v) is 8.52. The maximum Gasteiger partial charge on any atom is 0.258 e. The van der Waals surface area contributed by atoms with Gasteiger partial charge in [-0.05, 0) is 85.0 Å². The third kappa shape index (κ3) is 3.84. The monoisotopic (exact) mass is 682 g/mol. The fourth-order valence-electron chi connectivity index (χ4n) is 7.32. The lowest BCUT2D eigenvalue weighted by Crippen LogP contribution is -2.60. The number of aromatic hydroxyl groups is 1. The van der Waals surface area contributed by atoms with Gasteiger partial charge in [-0.25, -0.2) is 9.29 Å². The number of hydrogen-bond donors (Lipinski definition) is 1. The predicted molar refractivity (Wildman–Crippen MR) is 161 cm³/mol. The first-order valence-corrected chi connectivity index (χ1v) is 15.2. The Kier molecular flexibility index (Phi) is 6.40. The Balaban J connectivity index is 1.39. The molecule has 3 aromatic carbocycles. The van der Waals surface area contributed by atoms with Gasteiger partial charge in [0.25, 0.3) is 11.8 Å². The maximum absolute atomic E-state index is 14.3. The molecule has 3 aromatic rings. The first kappa shape index (κ1) is 28.3. The molecule has 2 aliphatic carbocycles. The van der Waals surface area contributed by atoms with Crippen molar-refractivity contribution in [2.45, 2.75) is 28.5 Å². The molecule has 0 radical (unpaired) electrons. The van der Waals surface area contributed by atoms with E-state index in [4.69, 9.17) is 23.2 Å². The van der Waals surface area contributed by atoms with E-state index in [0.29, 0.717) is 16.8 Å². The summed E-state index contributed by atoms with van der Waals surface area (Å²) in [4.78, 5) is 54.2. The van der Waals surface area contributed by atoms with Crippen LogP contribution in [0.15, 0.2) is 88.9 Å². The summed E-state index contributed by atoms with van der Waals surface area (Å²) in [5.41, 5.74) is 1.57. The van der Waals surface area contributed by atoms with Gasteiger partial charge in [0.15, 0.2) is 9.75 Å². The summed E-state index contributed by atoms with van der Waals surface area (Å²) >= 11 is 18.0. The molecule has 6 atom stereocenters. The molecule has 4 amide bonds. The number of allylic oxidation sites excluding steroid dienone is 2. The van der Waals surface area contributed by atoms with Crippen LogP contribution in [0.3, 0.4) is 0 Å². The second-order valence-electron chi connectivity index (χ2n) is 11.3. The standard InChI is InChI=1S/C32H22BrCl2FN2O5/c33-17-4-8-19(9-5-17)37-27(40)23-13-12-22-24(25(23)28(37)41)15-31(34)29(42)38(20-10-6-18(36)7-11-20)30(43)32(31,35)26(22)16-2-1-3-21(39)14-16/h1-12,14,23-26,39H,13,15H2/t23-,24+,25-,26-,31+,32-/m0/s1. The van der Waals surface area contributed by atoms with E-state index < -0.39 is 57.0 Å². The molecule has 0 bridgehead atoms. The van der Waals surface area contributed by atoms with Gasteiger partial charge in [-0.15, -0.1) is 23.2 Å². The molecule has 2 saturated heterocycles. The SMILES string of the molecule is O=C1[C@H]2[C@H](CC=C3[C@H]2C[C@@]2(Cl)C(=O)N(c4ccc(F)cc4)C(=O)[C@@]2(Cl)[C@H]3c2cccc(O)c2)C(=O)N1c1ccc(Br)cc1. The number of phenols is 1. The molecule has 7 rings (SSSR count). The van der Waals surface area contributed by atoms with E-state index >= 15 is 0 Å². The Hall–Kier alpha value is -3.53. The van der Waals surface area contributed by atoms with Gasteiger partial charge in [-0.3, -0.25) is 24.1 Å². The molecule has 7 nitrogen and oxygen atoms in total. The fraction of sp³-hybridized carbons (Fsp3) is 0.250. The third-order valence-electron chi connectivity index (χ3n) is 9.18. The van der Waals surface area contributed by atoms with E-state index in [1.54, 1.807) is 36.4 Å². The number of imide groups is 2. The van der Waals surface area contributed by atoms with Crippen molar-refractivity contribution in [3.8, 4) is 5.75 Å². The van der Waals surface area contributed by atoms with Gasteiger partial charge in [0.1, 0.15) is 11.6 Å². The summed E-state index contributed by atoms with van der Waals surface area (Å²) in [6, 6.07) is 17.9. The minimum atomic E-state index is -2.06. The van der Waals surface area contributed by atoms with Crippen LogP contribution in [0.5, 0.6) is 5.75 Å². The van der Waals surface area contributed by atoms with Crippen LogP contribution in [-0.2, 0) is 19.2 Å². The molecule has 2 aliphatic heterocycles. The van der Waals surface area contributed by atoms with Crippen molar-refractivity contribution < 1.29 is 28.7 Å². The van der Waals surface area contributed by atoms with E-state index in [0.717, 1.165) is 21.5 Å². The predicted octanol–water partition coefficient (Wildman–Crippen LogP) is 6.06. The van der Waals surface area contributed by atoms with E-state index in [1.165, 1.54) is 29.2 Å². The Bertz CT molecular complexity index is 1770. The van der Waals surface area contributed by atoms with Gasteiger partial charge in [-0.2, -0.15) is 0 Å². The first-order valence-electron chi connectivity index (χ1n) is 13.6. The number of carbonyl (C=O) groups excluding carboxylic acids is 4. The summed E-state index contributed by atoms with van der Waals surface area (Å²) in [6.45, 7) is 0. The van der Waals surface area contributed by atoms with Gasteiger partial charge >= 0.3 is 0 Å². The number of nitrogens with zero attached hydrogens (tertiary/aromatic N) is 2. The molecular formula is C32H22BrCl2FN2O5. The normalized spacial score (nSPS) is 31.6. The van der Waals surface area contributed by atoms with Crippen molar-refractivity contribution in [3.05, 3.63) is 100 Å². The van der Waals surface area contributed by atoms with E-state index in [-0.39, 0.29) is 30.2 Å². The number of benzene rings is 3. The first-order chi connectivity index (χ1) is 20.5. The lowest BCUT2D eigenvalue weighted by Gasteiger charge is -2.50. The second kappa shape index (κ2) is 9.74. The topological polar surface area (TPSA) is 95.0 Å². The molecule has 1 saturated carbocycles. The molecule has 2 heterocycles. The Morgan fingerprint density at radius 3 is 2.16 bits per heavy atom. The molecule has 4 aliphatic rings. The summed E-state index contributed by atoms with van der Waals surface area (Å²) < 4.78 is 14.6. The lowest BCUT2D eigenvalue weighted by molar-refractivity contribution is -0.125. The Labute approximate surface area is 264 Å². The van der Waals surface area contributed by atoms with Crippen molar-refractivity contribution in [2.75, 3.05) is 9.80 Å². The highest BCUT2D eigenvalue weighted by Gasteiger charge is 2.76. The second-order valence-corrected chi connectivity index (χ2v) is 13.5. The summed E-state index contributed by atoms with van der Waals surface area (Å²) in [5.74, 6) is -6.28. The molecule has 218 valence electrons. The van der Waals surface area contributed by atoms with Crippen LogP contribution in [0.1, 0.15) is 24.3 Å². The summed E-state index contributed by atoms with van der Waals surface area (Å²) in [6.07, 6.45) is 1.86. The number of rotatable bonds is 3. The highest BCUT2D eigenvalue weighted by atomic mass is 79.9. The zero-order valence-electron chi connectivity index (χ0n) is 22.2. The van der Waals surface area contributed by atoms with Gasteiger partial charge in [0.05, 0.1) is 23.2 Å². The van der Waals surface area contributed by atoms with Crippen LogP contribution in [0.2, 0.25) is 0 Å². The lowest BCUT2D eigenvalue weighted by atomic mass is 9.56. The van der Waals surface area contributed by atoms with Crippen LogP contribution in [0.4, 0.5) is 15.8 Å². The molecule has 11 heteroatoms. The van der Waals surface area contributed by atoms with Gasteiger partial charge in [0, 0.05) is 10.4 Å². The summed E-state index contributed by atoms with van der Waals surface area (Å²) in [5, 5.41) is 10.4. The van der Waals surface area contributed by atoms with Crippen LogP contribution >= 0.6 is 39.1 Å². The molecule has 0 aromatic heterocycles. The van der Waals surface area contributed by atoms with E-state index in [1.807, 2.05) is 6.08 Å². The summed E-state index contributed by atoms with van der Waals surface area (Å²) in [7, 11) is 0. The zero-order chi connectivity index (χ0) is 30.4. The van der Waals surface area contributed by atoms with Crippen molar-refractivity contribution in [1.29, 1.82) is 0 Å². The minimum Gasteiger partial charge on any atom is -0.508 e. The zero-order valence-corrected chi connectivity index (χ0v) is 25.3. The molecule has 1 N–H and O–H groups in total.